The normalized spacial score (nSPS) is 12.5. The molecule has 0 aromatic heterocycles. The molecule has 0 bridgehead atoms. The quantitative estimate of drug-likeness (QED) is 0.657. The van der Waals surface area contributed by atoms with Crippen LogP contribution in [0.25, 0.3) is 0 Å². The van der Waals surface area contributed by atoms with Crippen molar-refractivity contribution < 1.29 is 24.2 Å². The Labute approximate surface area is 136 Å². The molecule has 0 aliphatic carbocycles. The van der Waals surface area contributed by atoms with E-state index in [2.05, 4.69) is 5.32 Å². The largest absolute Gasteiger partial charge is 0.444 e. The predicted octanol–water partition coefficient (Wildman–Crippen LogP) is 2.61. The van der Waals surface area contributed by atoms with E-state index in [1.807, 2.05) is 0 Å². The van der Waals surface area contributed by atoms with Crippen molar-refractivity contribution in [3.05, 3.63) is 28.8 Å². The first-order chi connectivity index (χ1) is 10.5. The van der Waals surface area contributed by atoms with Gasteiger partial charge in [0.25, 0.3) is 0 Å². The molecule has 128 valence electrons. The molecule has 1 rings (SSSR count). The van der Waals surface area contributed by atoms with Crippen molar-refractivity contribution in [1.29, 1.82) is 0 Å². The number of hydrogen-bond acceptors (Lipinski definition) is 5. The number of amides is 1. The zero-order valence-corrected chi connectivity index (χ0v) is 14.5. The van der Waals surface area contributed by atoms with E-state index in [1.165, 1.54) is 6.92 Å². The lowest BCUT2D eigenvalue weighted by Gasteiger charge is -2.21. The maximum Gasteiger partial charge on any atom is 0.408 e. The van der Waals surface area contributed by atoms with Crippen molar-refractivity contribution in [1.82, 2.24) is 5.32 Å². The van der Waals surface area contributed by atoms with Gasteiger partial charge in [0.05, 0.1) is 6.61 Å². The fourth-order valence-electron chi connectivity index (χ4n) is 2.02. The third-order valence-electron chi connectivity index (χ3n) is 2.99. The minimum atomic E-state index is -0.846. The zero-order chi connectivity index (χ0) is 17.8. The molecule has 6 nitrogen and oxygen atoms in total. The third-order valence-corrected chi connectivity index (χ3v) is 2.99. The average Bonchev–Trinajstić information content (AvgIpc) is 2.39. The van der Waals surface area contributed by atoms with E-state index in [1.54, 1.807) is 46.8 Å². The molecule has 0 spiro atoms. The topological polar surface area (TPSA) is 84.9 Å². The Kier molecular flexibility index (Phi) is 6.15. The lowest BCUT2D eigenvalue weighted by molar-refractivity contribution is -0.136. The number of aryl methyl sites for hydroxylation is 2. The summed E-state index contributed by atoms with van der Waals surface area (Å²) in [5.41, 5.74) is 1.60. The Bertz CT molecular complexity index is 566. The summed E-state index contributed by atoms with van der Waals surface area (Å²) in [6.45, 7) is 10.3. The summed E-state index contributed by atoms with van der Waals surface area (Å²) in [4.78, 5) is 23.8. The van der Waals surface area contributed by atoms with Crippen LogP contribution in [0.15, 0.2) is 12.1 Å². The third kappa shape index (κ3) is 5.90. The standard InChI is InChI=1S/C17H25NO5/c1-10-7-13(9-19)8-11(2)14(10)22-15(20)12(3)18-16(21)23-17(4,5)6/h7-8,12,19H,9H2,1-6H3,(H,18,21). The summed E-state index contributed by atoms with van der Waals surface area (Å²) in [7, 11) is 0. The van der Waals surface area contributed by atoms with Crippen LogP contribution in [0.5, 0.6) is 5.75 Å². The highest BCUT2D eigenvalue weighted by Gasteiger charge is 2.23. The van der Waals surface area contributed by atoms with Crippen LogP contribution < -0.4 is 10.1 Å². The van der Waals surface area contributed by atoms with E-state index >= 15 is 0 Å². The van der Waals surface area contributed by atoms with Crippen molar-refractivity contribution in [3.63, 3.8) is 0 Å². The van der Waals surface area contributed by atoms with Crippen LogP contribution >= 0.6 is 0 Å². The maximum absolute atomic E-state index is 12.1. The highest BCUT2D eigenvalue weighted by molar-refractivity contribution is 5.83. The monoisotopic (exact) mass is 323 g/mol. The number of hydrogen-bond donors (Lipinski definition) is 2. The van der Waals surface area contributed by atoms with Gasteiger partial charge in [-0.25, -0.2) is 9.59 Å². The molecule has 1 atom stereocenters. The fraction of sp³-hybridized carbons (Fsp3) is 0.529. The first-order valence-corrected chi connectivity index (χ1v) is 7.45. The Morgan fingerprint density at radius 3 is 2.17 bits per heavy atom. The van der Waals surface area contributed by atoms with Crippen LogP contribution in [0.1, 0.15) is 44.4 Å². The number of carbonyl (C=O) groups excluding carboxylic acids is 2. The second-order valence-electron chi connectivity index (χ2n) is 6.51. The summed E-state index contributed by atoms with van der Waals surface area (Å²) in [5, 5.41) is 11.6. The number of rotatable bonds is 4. The van der Waals surface area contributed by atoms with Gasteiger partial charge < -0.3 is 19.9 Å². The molecule has 0 saturated carbocycles. The number of aliphatic hydroxyl groups excluding tert-OH is 1. The molecule has 2 N–H and O–H groups in total. The van der Waals surface area contributed by atoms with Gasteiger partial charge in [-0.15, -0.1) is 0 Å². The average molecular weight is 323 g/mol. The molecule has 0 heterocycles. The minimum Gasteiger partial charge on any atom is -0.444 e. The van der Waals surface area contributed by atoms with Crippen LogP contribution in [0.2, 0.25) is 0 Å². The molecule has 0 radical (unpaired) electrons. The van der Waals surface area contributed by atoms with E-state index in [-0.39, 0.29) is 6.61 Å². The molecule has 1 aromatic rings. The predicted molar refractivity (Wildman–Crippen MR) is 86.3 cm³/mol. The minimum absolute atomic E-state index is 0.0769. The second kappa shape index (κ2) is 7.46. The SMILES string of the molecule is Cc1cc(CO)cc(C)c1OC(=O)C(C)NC(=O)OC(C)(C)C. The lowest BCUT2D eigenvalue weighted by Crippen LogP contribution is -2.43. The van der Waals surface area contributed by atoms with E-state index in [9.17, 15) is 14.7 Å². The molecular formula is C17H25NO5. The lowest BCUT2D eigenvalue weighted by atomic mass is 10.1. The van der Waals surface area contributed by atoms with Gasteiger partial charge in [0.1, 0.15) is 17.4 Å². The molecular weight excluding hydrogens is 298 g/mol. The first-order valence-electron chi connectivity index (χ1n) is 7.45. The Hall–Kier alpha value is -2.08. The highest BCUT2D eigenvalue weighted by Crippen LogP contribution is 2.25. The van der Waals surface area contributed by atoms with Gasteiger partial charge >= 0.3 is 12.1 Å². The fourth-order valence-corrected chi connectivity index (χ4v) is 2.02. The zero-order valence-electron chi connectivity index (χ0n) is 14.5. The van der Waals surface area contributed by atoms with Crippen LogP contribution in [0.4, 0.5) is 4.79 Å². The number of benzene rings is 1. The van der Waals surface area contributed by atoms with E-state index in [4.69, 9.17) is 9.47 Å². The van der Waals surface area contributed by atoms with Crippen LogP contribution in [-0.2, 0) is 16.1 Å². The summed E-state index contributed by atoms with van der Waals surface area (Å²) >= 11 is 0. The number of alkyl carbamates (subject to hydrolysis) is 1. The van der Waals surface area contributed by atoms with Crippen molar-refractivity contribution in [3.8, 4) is 5.75 Å². The molecule has 0 saturated heterocycles. The van der Waals surface area contributed by atoms with Gasteiger partial charge in [0.15, 0.2) is 0 Å². The Balaban J connectivity index is 2.74. The molecule has 23 heavy (non-hydrogen) atoms. The molecule has 6 heteroatoms. The highest BCUT2D eigenvalue weighted by atomic mass is 16.6. The number of nitrogens with one attached hydrogen (secondary N) is 1. The van der Waals surface area contributed by atoms with Gasteiger partial charge in [-0.2, -0.15) is 0 Å². The number of ether oxygens (including phenoxy) is 2. The van der Waals surface area contributed by atoms with E-state index in [0.29, 0.717) is 5.75 Å². The Morgan fingerprint density at radius 2 is 1.74 bits per heavy atom. The van der Waals surface area contributed by atoms with Gasteiger partial charge in [0, 0.05) is 0 Å². The van der Waals surface area contributed by atoms with Crippen molar-refractivity contribution in [2.45, 2.75) is 59.8 Å². The smallest absolute Gasteiger partial charge is 0.408 e. The van der Waals surface area contributed by atoms with Crippen LogP contribution in [0, 0.1) is 13.8 Å². The van der Waals surface area contributed by atoms with Gasteiger partial charge in [-0.05, 0) is 58.2 Å². The molecule has 1 unspecified atom stereocenters. The number of carbonyl (C=O) groups is 2. The molecule has 1 amide bonds. The number of aliphatic hydroxyl groups is 1. The second-order valence-corrected chi connectivity index (χ2v) is 6.51. The van der Waals surface area contributed by atoms with Crippen LogP contribution in [0.3, 0.4) is 0 Å². The van der Waals surface area contributed by atoms with Crippen molar-refractivity contribution >= 4 is 12.1 Å². The summed E-state index contributed by atoms with van der Waals surface area (Å²) in [6.07, 6.45) is -0.675. The van der Waals surface area contributed by atoms with Gasteiger partial charge in [0.2, 0.25) is 0 Å². The Morgan fingerprint density at radius 1 is 1.22 bits per heavy atom. The summed E-state index contributed by atoms with van der Waals surface area (Å²) in [5.74, 6) is -0.149. The molecule has 0 fully saturated rings. The van der Waals surface area contributed by atoms with Crippen molar-refractivity contribution in [2.75, 3.05) is 0 Å². The maximum atomic E-state index is 12.1. The van der Waals surface area contributed by atoms with Gasteiger partial charge in [-0.3, -0.25) is 0 Å². The van der Waals surface area contributed by atoms with Crippen LogP contribution in [-0.4, -0.2) is 28.8 Å². The van der Waals surface area contributed by atoms with E-state index in [0.717, 1.165) is 16.7 Å². The molecule has 1 aromatic carbocycles. The summed E-state index contributed by atoms with van der Waals surface area (Å²) in [6, 6.07) is 2.66. The van der Waals surface area contributed by atoms with Crippen molar-refractivity contribution in [2.24, 2.45) is 0 Å². The number of esters is 1. The van der Waals surface area contributed by atoms with Gasteiger partial charge in [-0.1, -0.05) is 12.1 Å². The summed E-state index contributed by atoms with van der Waals surface area (Å²) < 4.78 is 10.5. The first kappa shape index (κ1) is 19.0. The van der Waals surface area contributed by atoms with E-state index < -0.39 is 23.7 Å². The molecule has 0 aliphatic rings. The molecule has 0 aliphatic heterocycles.